The Hall–Kier alpha value is -2.62. The summed E-state index contributed by atoms with van der Waals surface area (Å²) in [4.78, 5) is 25.4. The summed E-state index contributed by atoms with van der Waals surface area (Å²) in [6.07, 6.45) is 0.507. The highest BCUT2D eigenvalue weighted by Gasteiger charge is 3.12. The highest BCUT2D eigenvalue weighted by atomic mass is 16.5. The molecular weight excluding hydrogens is 352 g/mol. The average Bonchev–Trinajstić information content (AvgIpc) is 2.73. The summed E-state index contributed by atoms with van der Waals surface area (Å²) >= 11 is 0. The van der Waals surface area contributed by atoms with E-state index >= 15 is 0 Å². The molecule has 0 atom stereocenters. The second-order valence-electron chi connectivity index (χ2n) is 9.68. The maximum Gasteiger partial charge on any atom is 0.310 e. The fraction of sp³-hybridized carbons (Fsp3) is 0.417. The van der Waals surface area contributed by atoms with E-state index in [0.717, 1.165) is 22.6 Å². The van der Waals surface area contributed by atoms with Crippen LogP contribution >= 0.6 is 0 Å². The third-order valence-electron chi connectivity index (χ3n) is 9.68. The van der Waals surface area contributed by atoms with Gasteiger partial charge in [-0.1, -0.05) is 36.4 Å². The van der Waals surface area contributed by atoms with Crippen LogP contribution in [0.4, 0.5) is 0 Å². The van der Waals surface area contributed by atoms with E-state index in [-0.39, 0.29) is 11.3 Å². The number of rotatable bonds is 4. The summed E-state index contributed by atoms with van der Waals surface area (Å²) in [6, 6.07) is 16.0. The van der Waals surface area contributed by atoms with Gasteiger partial charge in [0.05, 0.1) is 5.41 Å². The molecule has 0 amide bonds. The lowest BCUT2D eigenvalue weighted by molar-refractivity contribution is -0.626. The number of para-hydroxylation sites is 2. The maximum atomic E-state index is 13.6. The zero-order valence-electron chi connectivity index (χ0n) is 15.0. The van der Waals surface area contributed by atoms with Gasteiger partial charge < -0.3 is 9.84 Å². The molecule has 2 aromatic rings. The number of Topliss-reactive ketones (excluding diaryl/α,β-unsaturated/α-hetero) is 1. The molecule has 9 rings (SSSR count). The zero-order valence-corrected chi connectivity index (χ0v) is 15.0. The fourth-order valence-electron chi connectivity index (χ4n) is 9.10. The van der Waals surface area contributed by atoms with Crippen molar-refractivity contribution in [3.8, 4) is 11.5 Å². The largest absolute Gasteiger partial charge is 0.481 e. The lowest BCUT2D eigenvalue weighted by atomic mass is 8.92. The average molecular weight is 370 g/mol. The van der Waals surface area contributed by atoms with E-state index in [4.69, 9.17) is 4.74 Å². The van der Waals surface area contributed by atoms with Gasteiger partial charge in [0, 0.05) is 28.9 Å². The van der Waals surface area contributed by atoms with Gasteiger partial charge in [0.25, 0.3) is 0 Å². The van der Waals surface area contributed by atoms with Crippen LogP contribution in [-0.4, -0.2) is 16.9 Å². The molecule has 2 aromatic carbocycles. The first-order valence-electron chi connectivity index (χ1n) is 10.3. The molecule has 0 saturated heterocycles. The Labute approximate surface area is 161 Å². The van der Waals surface area contributed by atoms with Crippen molar-refractivity contribution in [1.82, 2.24) is 0 Å². The van der Waals surface area contributed by atoms with Crippen molar-refractivity contribution < 1.29 is 19.4 Å². The number of fused-ring (bicyclic) bond motifs is 2. The maximum absolute atomic E-state index is 13.6. The van der Waals surface area contributed by atoms with Gasteiger partial charge in [-0.05, 0) is 47.6 Å². The van der Waals surface area contributed by atoms with Gasteiger partial charge in [-0.3, -0.25) is 9.59 Å². The van der Waals surface area contributed by atoms with Crippen LogP contribution in [0.5, 0.6) is 11.5 Å². The molecule has 1 heterocycles. The van der Waals surface area contributed by atoms with Gasteiger partial charge in [-0.25, -0.2) is 0 Å². The molecule has 0 unspecified atom stereocenters. The number of ketones is 1. The van der Waals surface area contributed by atoms with Gasteiger partial charge in [-0.2, -0.15) is 0 Å². The standard InChI is InChI=1S/C24H18O4/c25-15(23-16-19-17(23)21-18(23)20(16)24(19,21)22(26)27)9-12-10-5-1-3-7-13(10)28-14-8-4-2-6-11(12)14/h1-8,12,16-21H,9H2,(H,26,27). The fourth-order valence-corrected chi connectivity index (χ4v) is 9.10. The van der Waals surface area contributed by atoms with Crippen molar-refractivity contribution in [1.29, 1.82) is 0 Å². The highest BCUT2D eigenvalue weighted by molar-refractivity contribution is 5.99. The van der Waals surface area contributed by atoms with Crippen molar-refractivity contribution in [3.63, 3.8) is 0 Å². The first-order chi connectivity index (χ1) is 13.6. The van der Waals surface area contributed by atoms with Gasteiger partial charge in [0.15, 0.2) is 0 Å². The third kappa shape index (κ3) is 1.02. The minimum absolute atomic E-state index is 0.0303. The molecule has 1 N–H and O–H groups in total. The molecule has 4 nitrogen and oxygen atoms in total. The Morgan fingerprint density at radius 2 is 1.25 bits per heavy atom. The van der Waals surface area contributed by atoms with Gasteiger partial charge in [0.2, 0.25) is 0 Å². The SMILES string of the molecule is O=C(O)C12C3C4C1C1C2C3C41C(=O)CC1c2ccccc2Oc2ccccc21. The summed E-state index contributed by atoms with van der Waals surface area (Å²) in [7, 11) is 0. The van der Waals surface area contributed by atoms with Crippen LogP contribution in [-0.2, 0) is 9.59 Å². The van der Waals surface area contributed by atoms with E-state index in [1.54, 1.807) is 0 Å². The van der Waals surface area contributed by atoms with Crippen molar-refractivity contribution in [2.75, 3.05) is 0 Å². The van der Waals surface area contributed by atoms with Crippen molar-refractivity contribution in [2.45, 2.75) is 12.3 Å². The van der Waals surface area contributed by atoms with Crippen LogP contribution in [0, 0.1) is 46.3 Å². The summed E-state index contributed by atoms with van der Waals surface area (Å²) < 4.78 is 6.07. The molecule has 0 bridgehead atoms. The van der Waals surface area contributed by atoms with E-state index in [2.05, 4.69) is 12.1 Å². The van der Waals surface area contributed by atoms with E-state index in [1.165, 1.54) is 0 Å². The number of carbonyl (C=O) groups is 2. The lowest BCUT2D eigenvalue weighted by Gasteiger charge is -3.09. The topological polar surface area (TPSA) is 63.6 Å². The Morgan fingerprint density at radius 3 is 1.75 bits per heavy atom. The van der Waals surface area contributed by atoms with E-state index in [0.29, 0.717) is 47.7 Å². The first kappa shape index (κ1) is 14.4. The molecule has 0 aromatic heterocycles. The van der Waals surface area contributed by atoms with E-state index in [9.17, 15) is 14.7 Å². The summed E-state index contributed by atoms with van der Waals surface area (Å²) in [5.41, 5.74) is 1.63. The van der Waals surface area contributed by atoms with Crippen molar-refractivity contribution >= 4 is 11.8 Å². The summed E-state index contributed by atoms with van der Waals surface area (Å²) in [5, 5.41) is 9.67. The van der Waals surface area contributed by atoms with Gasteiger partial charge in [-0.15, -0.1) is 0 Å². The number of hydrogen-bond acceptors (Lipinski definition) is 3. The van der Waals surface area contributed by atoms with Crippen molar-refractivity contribution in [3.05, 3.63) is 59.7 Å². The quantitative estimate of drug-likeness (QED) is 0.891. The van der Waals surface area contributed by atoms with Crippen LogP contribution in [0.2, 0.25) is 0 Å². The molecule has 6 aliphatic carbocycles. The minimum atomic E-state index is -0.593. The molecule has 0 spiro atoms. The molecule has 7 aliphatic rings. The number of ether oxygens (including phenoxy) is 1. The van der Waals surface area contributed by atoms with Crippen LogP contribution in [0.15, 0.2) is 48.5 Å². The van der Waals surface area contributed by atoms with Gasteiger partial charge >= 0.3 is 5.97 Å². The van der Waals surface area contributed by atoms with Crippen LogP contribution < -0.4 is 4.74 Å². The molecule has 6 fully saturated rings. The predicted octanol–water partition coefficient (Wildman–Crippen LogP) is 3.71. The molecule has 4 heteroatoms. The zero-order chi connectivity index (χ0) is 18.6. The van der Waals surface area contributed by atoms with E-state index in [1.807, 2.05) is 36.4 Å². The highest BCUT2D eigenvalue weighted by Crippen LogP contribution is 3.10. The Bertz CT molecular complexity index is 1050. The summed E-state index contributed by atoms with van der Waals surface area (Å²) in [5.74, 6) is 3.56. The first-order valence-corrected chi connectivity index (χ1v) is 10.3. The van der Waals surface area contributed by atoms with E-state index < -0.39 is 11.4 Å². The molecule has 138 valence electrons. The number of carboxylic acid groups (broad SMARTS) is 1. The summed E-state index contributed by atoms with van der Waals surface area (Å²) in [6.45, 7) is 0. The second-order valence-corrected chi connectivity index (χ2v) is 9.68. The number of carboxylic acids is 1. The molecule has 6 saturated carbocycles. The number of hydrogen-bond donors (Lipinski definition) is 1. The Kier molecular flexibility index (Phi) is 2.01. The predicted molar refractivity (Wildman–Crippen MR) is 97.9 cm³/mol. The van der Waals surface area contributed by atoms with Crippen molar-refractivity contribution in [2.24, 2.45) is 46.3 Å². The van der Waals surface area contributed by atoms with Gasteiger partial charge in [0.1, 0.15) is 17.3 Å². The molecule has 28 heavy (non-hydrogen) atoms. The van der Waals surface area contributed by atoms with Crippen LogP contribution in [0.1, 0.15) is 23.5 Å². The number of aliphatic carboxylic acids is 1. The molecule has 1 aliphatic heterocycles. The third-order valence-corrected chi connectivity index (χ3v) is 9.68. The number of carbonyl (C=O) groups excluding carboxylic acids is 1. The number of benzene rings is 2. The molecule has 0 radical (unpaired) electrons. The van der Waals surface area contributed by atoms with Crippen LogP contribution in [0.3, 0.4) is 0 Å². The Morgan fingerprint density at radius 1 is 0.786 bits per heavy atom. The lowest BCUT2D eigenvalue weighted by Crippen LogP contribution is -3.11. The minimum Gasteiger partial charge on any atom is -0.481 e. The van der Waals surface area contributed by atoms with Crippen LogP contribution in [0.25, 0.3) is 0 Å². The smallest absolute Gasteiger partial charge is 0.310 e. The second kappa shape index (κ2) is 3.91. The normalized spacial score (nSPS) is 46.1. The molecular formula is C24H18O4. The Balaban J connectivity index is 1.15. The monoisotopic (exact) mass is 370 g/mol.